The number of anilines is 2. The van der Waals surface area contributed by atoms with Crippen molar-refractivity contribution in [1.29, 1.82) is 0 Å². The second kappa shape index (κ2) is 2.95. The molecule has 0 atom stereocenters. The number of nitrogens with zero attached hydrogens (tertiary/aromatic N) is 3. The molecule has 0 bridgehead atoms. The molecule has 0 fully saturated rings. The quantitative estimate of drug-likeness (QED) is 0.601. The first kappa shape index (κ1) is 6.73. The molecule has 10 heavy (non-hydrogen) atoms. The van der Waals surface area contributed by atoms with Crippen molar-refractivity contribution in [2.75, 3.05) is 24.7 Å². The van der Waals surface area contributed by atoms with Crippen LogP contribution < -0.4 is 10.6 Å². The summed E-state index contributed by atoms with van der Waals surface area (Å²) in [5.41, 5.74) is 0. The van der Waals surface area contributed by atoms with Gasteiger partial charge in [-0.2, -0.15) is 4.98 Å². The van der Waals surface area contributed by atoms with Gasteiger partial charge in [0.25, 0.3) is 0 Å². The zero-order valence-electron chi connectivity index (χ0n) is 5.92. The minimum absolute atomic E-state index is 0.569. The van der Waals surface area contributed by atoms with Crippen molar-refractivity contribution in [2.45, 2.75) is 0 Å². The van der Waals surface area contributed by atoms with Gasteiger partial charge < -0.3 is 10.6 Å². The van der Waals surface area contributed by atoms with E-state index in [0.717, 1.165) is 0 Å². The number of nitrogens with one attached hydrogen (secondary N) is 2. The van der Waals surface area contributed by atoms with Crippen molar-refractivity contribution < 1.29 is 0 Å². The van der Waals surface area contributed by atoms with Gasteiger partial charge in [0.05, 0.1) is 0 Å². The third-order valence-electron chi connectivity index (χ3n) is 1.02. The molecule has 0 amide bonds. The molecule has 54 valence electrons. The minimum atomic E-state index is 0.569. The molecule has 0 aliphatic carbocycles. The molecule has 1 rings (SSSR count). The summed E-state index contributed by atoms with van der Waals surface area (Å²) >= 11 is 0. The standard InChI is InChI=1S/C5H9N5/c1-6-4-8-3-9-5(7-2)10-4/h3H,1-2H3,(H2,6,7,8,9,10). The average Bonchev–Trinajstić information content (AvgIpc) is 2.05. The van der Waals surface area contributed by atoms with Crippen molar-refractivity contribution in [3.8, 4) is 0 Å². The van der Waals surface area contributed by atoms with Crippen LogP contribution >= 0.6 is 0 Å². The predicted molar refractivity (Wildman–Crippen MR) is 38.9 cm³/mol. The molecule has 0 aromatic carbocycles. The van der Waals surface area contributed by atoms with Gasteiger partial charge in [0.15, 0.2) is 0 Å². The SMILES string of the molecule is CNc1ncnc(NC)n1. The molecule has 0 radical (unpaired) electrons. The van der Waals surface area contributed by atoms with E-state index in [-0.39, 0.29) is 0 Å². The lowest BCUT2D eigenvalue weighted by Gasteiger charge is -1.98. The minimum Gasteiger partial charge on any atom is -0.357 e. The number of aromatic nitrogens is 3. The molecule has 0 aliphatic rings. The number of hydrogen-bond acceptors (Lipinski definition) is 5. The van der Waals surface area contributed by atoms with Crippen LogP contribution in [0.15, 0.2) is 6.33 Å². The van der Waals surface area contributed by atoms with Gasteiger partial charge in [0.2, 0.25) is 11.9 Å². The topological polar surface area (TPSA) is 62.7 Å². The summed E-state index contributed by atoms with van der Waals surface area (Å²) in [7, 11) is 3.52. The Hall–Kier alpha value is -1.39. The first-order valence-electron chi connectivity index (χ1n) is 2.91. The fourth-order valence-electron chi connectivity index (χ4n) is 0.537. The largest absolute Gasteiger partial charge is 0.357 e. The molecule has 1 aromatic rings. The lowest BCUT2D eigenvalue weighted by molar-refractivity contribution is 1.04. The van der Waals surface area contributed by atoms with E-state index >= 15 is 0 Å². The molecular weight excluding hydrogens is 130 g/mol. The molecule has 0 spiro atoms. The van der Waals surface area contributed by atoms with Gasteiger partial charge in [-0.3, -0.25) is 0 Å². The molecule has 0 aliphatic heterocycles. The lowest BCUT2D eigenvalue weighted by atomic mass is 10.8. The summed E-state index contributed by atoms with van der Waals surface area (Å²) in [4.78, 5) is 11.6. The van der Waals surface area contributed by atoms with Gasteiger partial charge in [0, 0.05) is 14.1 Å². The molecule has 1 heterocycles. The zero-order chi connectivity index (χ0) is 7.40. The highest BCUT2D eigenvalue weighted by Crippen LogP contribution is 1.97. The summed E-state index contributed by atoms with van der Waals surface area (Å²) in [5, 5.41) is 5.60. The van der Waals surface area contributed by atoms with E-state index in [0.29, 0.717) is 11.9 Å². The molecule has 0 saturated heterocycles. The molecule has 0 saturated carbocycles. The van der Waals surface area contributed by atoms with Crippen molar-refractivity contribution in [3.63, 3.8) is 0 Å². The maximum atomic E-state index is 3.97. The van der Waals surface area contributed by atoms with Gasteiger partial charge in [-0.05, 0) is 0 Å². The summed E-state index contributed by atoms with van der Waals surface area (Å²) in [6.07, 6.45) is 1.45. The van der Waals surface area contributed by atoms with E-state index < -0.39 is 0 Å². The van der Waals surface area contributed by atoms with Crippen LogP contribution in [-0.4, -0.2) is 29.0 Å². The second-order valence-corrected chi connectivity index (χ2v) is 1.63. The van der Waals surface area contributed by atoms with E-state index in [4.69, 9.17) is 0 Å². The Morgan fingerprint density at radius 3 is 2.00 bits per heavy atom. The second-order valence-electron chi connectivity index (χ2n) is 1.63. The summed E-state index contributed by atoms with van der Waals surface area (Å²) in [6, 6.07) is 0. The van der Waals surface area contributed by atoms with Crippen LogP contribution in [-0.2, 0) is 0 Å². The Morgan fingerprint density at radius 1 is 1.10 bits per heavy atom. The van der Waals surface area contributed by atoms with E-state index in [1.807, 2.05) is 0 Å². The van der Waals surface area contributed by atoms with E-state index in [9.17, 15) is 0 Å². The first-order chi connectivity index (χ1) is 4.86. The van der Waals surface area contributed by atoms with Crippen molar-refractivity contribution >= 4 is 11.9 Å². The maximum absolute atomic E-state index is 3.97. The Bertz CT molecular complexity index is 192. The Kier molecular flexibility index (Phi) is 1.99. The number of hydrogen-bond donors (Lipinski definition) is 2. The molecule has 2 N–H and O–H groups in total. The van der Waals surface area contributed by atoms with Crippen LogP contribution in [0.1, 0.15) is 0 Å². The van der Waals surface area contributed by atoms with Crippen molar-refractivity contribution in [2.24, 2.45) is 0 Å². The monoisotopic (exact) mass is 139 g/mol. The van der Waals surface area contributed by atoms with Crippen LogP contribution in [0.3, 0.4) is 0 Å². The fraction of sp³-hybridized carbons (Fsp3) is 0.400. The van der Waals surface area contributed by atoms with Crippen molar-refractivity contribution in [3.05, 3.63) is 6.33 Å². The van der Waals surface area contributed by atoms with E-state index in [1.165, 1.54) is 6.33 Å². The number of rotatable bonds is 2. The summed E-state index contributed by atoms with van der Waals surface area (Å²) < 4.78 is 0. The van der Waals surface area contributed by atoms with Crippen LogP contribution in [0.5, 0.6) is 0 Å². The van der Waals surface area contributed by atoms with Crippen molar-refractivity contribution in [1.82, 2.24) is 15.0 Å². The van der Waals surface area contributed by atoms with Crippen LogP contribution in [0.2, 0.25) is 0 Å². The van der Waals surface area contributed by atoms with Gasteiger partial charge in [-0.1, -0.05) is 0 Å². The van der Waals surface area contributed by atoms with Crippen LogP contribution in [0.25, 0.3) is 0 Å². The van der Waals surface area contributed by atoms with Gasteiger partial charge in [0.1, 0.15) is 6.33 Å². The Labute approximate surface area is 58.9 Å². The fourth-order valence-corrected chi connectivity index (χ4v) is 0.537. The van der Waals surface area contributed by atoms with Crippen LogP contribution in [0, 0.1) is 0 Å². The van der Waals surface area contributed by atoms with Gasteiger partial charge >= 0.3 is 0 Å². The van der Waals surface area contributed by atoms with Crippen LogP contribution in [0.4, 0.5) is 11.9 Å². The molecular formula is C5H9N5. The molecule has 1 aromatic heterocycles. The molecule has 5 nitrogen and oxygen atoms in total. The molecule has 5 heteroatoms. The van der Waals surface area contributed by atoms with Gasteiger partial charge in [-0.15, -0.1) is 0 Å². The Morgan fingerprint density at radius 2 is 1.60 bits per heavy atom. The van der Waals surface area contributed by atoms with E-state index in [1.54, 1.807) is 14.1 Å². The Balaban J connectivity index is 2.87. The first-order valence-corrected chi connectivity index (χ1v) is 2.91. The lowest BCUT2D eigenvalue weighted by Crippen LogP contribution is -2.01. The summed E-state index contributed by atoms with van der Waals surface area (Å²) in [6.45, 7) is 0. The third kappa shape index (κ3) is 1.31. The predicted octanol–water partition coefficient (Wildman–Crippen LogP) is -0.0450. The average molecular weight is 139 g/mol. The highest BCUT2D eigenvalue weighted by Gasteiger charge is 1.92. The normalized spacial score (nSPS) is 9.00. The highest BCUT2D eigenvalue weighted by atomic mass is 15.2. The summed E-state index contributed by atoms with van der Waals surface area (Å²) in [5.74, 6) is 1.14. The van der Waals surface area contributed by atoms with E-state index in [2.05, 4.69) is 25.6 Å². The smallest absolute Gasteiger partial charge is 0.227 e. The zero-order valence-corrected chi connectivity index (χ0v) is 5.92. The van der Waals surface area contributed by atoms with Gasteiger partial charge in [-0.25, -0.2) is 9.97 Å². The maximum Gasteiger partial charge on any atom is 0.227 e. The third-order valence-corrected chi connectivity index (χ3v) is 1.02. The molecule has 0 unspecified atom stereocenters. The highest BCUT2D eigenvalue weighted by molar-refractivity contribution is 5.30.